The average Bonchev–Trinajstić information content (AvgIpc) is 2.96. The Morgan fingerprint density at radius 1 is 0.738 bits per heavy atom. The van der Waals surface area contributed by atoms with Gasteiger partial charge in [0.2, 0.25) is 0 Å². The molecule has 4 rings (SSSR count). The molecule has 0 heterocycles. The van der Waals surface area contributed by atoms with E-state index in [1.165, 1.54) is 13.2 Å². The Balaban J connectivity index is 0.00000155. The van der Waals surface area contributed by atoms with E-state index in [4.69, 9.17) is 21.8 Å². The number of benzene rings is 4. The summed E-state index contributed by atoms with van der Waals surface area (Å²) in [5.41, 5.74) is -2.35. The van der Waals surface area contributed by atoms with Crippen LogP contribution in [0.1, 0.15) is 40.3 Å². The summed E-state index contributed by atoms with van der Waals surface area (Å²) >= 11 is -0.826. The van der Waals surface area contributed by atoms with E-state index in [0.717, 1.165) is 17.3 Å². The zero-order chi connectivity index (χ0) is 31.1. The van der Waals surface area contributed by atoms with Crippen molar-refractivity contribution in [3.63, 3.8) is 0 Å². The van der Waals surface area contributed by atoms with Crippen LogP contribution < -0.4 is 4.74 Å². The molecule has 0 saturated carbocycles. The van der Waals surface area contributed by atoms with E-state index in [0.29, 0.717) is 23.4 Å². The monoisotopic (exact) mass is 703 g/mol. The van der Waals surface area contributed by atoms with Crippen molar-refractivity contribution in [3.8, 4) is 11.5 Å². The van der Waals surface area contributed by atoms with Crippen LogP contribution in [-0.2, 0) is 38.6 Å². The Kier molecular flexibility index (Phi) is 11.3. The predicted molar refractivity (Wildman–Crippen MR) is 149 cm³/mol. The molecule has 42 heavy (non-hydrogen) atoms. The summed E-state index contributed by atoms with van der Waals surface area (Å²) in [6, 6.07) is 22.8. The minimum absolute atomic E-state index is 0.0330. The summed E-state index contributed by atoms with van der Waals surface area (Å²) in [6.45, 7) is 1.90. The minimum atomic E-state index is -5.01. The first-order valence-corrected chi connectivity index (χ1v) is 18.4. The van der Waals surface area contributed by atoms with Crippen LogP contribution in [0.15, 0.2) is 96.0 Å². The number of halogens is 8. The van der Waals surface area contributed by atoms with Crippen molar-refractivity contribution in [2.45, 2.75) is 24.7 Å². The number of nitrogens with zero attached hydrogens (tertiary/aromatic N) is 1. The summed E-state index contributed by atoms with van der Waals surface area (Å²) in [5, 5.41) is 11.4. The SMILES string of the molecule is COc1cc(C=Nc2cc(C(F)(F)F)cc(C(F)(F)F)c2)c(O)c(C(C)(c2ccccc2)c2ccccc2)c1.[Cl][Zr][Cl]. The normalized spacial score (nSPS) is 12.0. The summed E-state index contributed by atoms with van der Waals surface area (Å²) in [5.74, 6) is 0.0557. The van der Waals surface area contributed by atoms with Gasteiger partial charge in [-0.2, -0.15) is 26.3 Å². The Morgan fingerprint density at radius 3 is 1.60 bits per heavy atom. The van der Waals surface area contributed by atoms with Crippen molar-refractivity contribution in [2.24, 2.45) is 4.99 Å². The zero-order valence-corrected chi connectivity index (χ0v) is 26.0. The van der Waals surface area contributed by atoms with E-state index < -0.39 is 55.4 Å². The molecule has 220 valence electrons. The third-order valence-corrected chi connectivity index (χ3v) is 6.51. The van der Waals surface area contributed by atoms with Gasteiger partial charge in [-0.25, -0.2) is 0 Å². The Morgan fingerprint density at radius 2 is 1.19 bits per heavy atom. The Bertz CT molecular complexity index is 1440. The second-order valence-electron chi connectivity index (χ2n) is 9.06. The standard InChI is InChI=1S/C30H23F6NO2.2ClH.Zr/c1-28(20-9-5-3-6-10-20,21-11-7-4-8-12-21)26-17-25(39-2)13-19(27(26)38)18-37-24-15-22(29(31,32)33)14-23(16-24)30(34,35)36;;;/h3-18,38H,1-2H3;2*1H;/q;;;+2/p-2. The molecular weight excluding hydrogens is 682 g/mol. The van der Waals surface area contributed by atoms with Crippen molar-refractivity contribution < 1.29 is 57.0 Å². The first kappa shape index (κ1) is 33.7. The predicted octanol–water partition coefficient (Wildman–Crippen LogP) is 9.92. The Labute approximate surface area is 257 Å². The van der Waals surface area contributed by atoms with Crippen LogP contribution in [-0.4, -0.2) is 18.4 Å². The molecule has 1 N–H and O–H groups in total. The van der Waals surface area contributed by atoms with Gasteiger partial charge in [0.15, 0.2) is 0 Å². The number of phenolic OH excluding ortho intramolecular Hbond substituents is 1. The Hall–Kier alpha value is -2.81. The number of alkyl halides is 6. The van der Waals surface area contributed by atoms with Crippen LogP contribution in [0.2, 0.25) is 0 Å². The molecular formula is C30H23Cl2F6NO2Zr. The van der Waals surface area contributed by atoms with Crippen LogP contribution in [0.4, 0.5) is 32.0 Å². The maximum atomic E-state index is 13.3. The average molecular weight is 706 g/mol. The molecule has 0 atom stereocenters. The van der Waals surface area contributed by atoms with Crippen molar-refractivity contribution in [3.05, 3.63) is 124 Å². The van der Waals surface area contributed by atoms with Crippen molar-refractivity contribution in [1.29, 1.82) is 0 Å². The molecule has 0 aromatic heterocycles. The fraction of sp³-hybridized carbons (Fsp3) is 0.167. The van der Waals surface area contributed by atoms with Gasteiger partial charge in [0, 0.05) is 22.8 Å². The van der Waals surface area contributed by atoms with Crippen molar-refractivity contribution in [2.75, 3.05) is 7.11 Å². The molecule has 0 fully saturated rings. The number of methoxy groups -OCH3 is 1. The molecule has 12 heteroatoms. The molecule has 0 aliphatic rings. The van der Waals surface area contributed by atoms with Gasteiger partial charge in [-0.15, -0.1) is 0 Å². The van der Waals surface area contributed by atoms with Crippen LogP contribution in [0.25, 0.3) is 0 Å². The van der Waals surface area contributed by atoms with E-state index >= 15 is 0 Å². The second kappa shape index (κ2) is 14.1. The van der Waals surface area contributed by atoms with E-state index in [1.54, 1.807) is 6.07 Å². The van der Waals surface area contributed by atoms with Gasteiger partial charge in [-0.05, 0) is 48.4 Å². The summed E-state index contributed by atoms with van der Waals surface area (Å²) in [7, 11) is 11.3. The van der Waals surface area contributed by atoms with Crippen LogP contribution in [0.3, 0.4) is 0 Å². The number of phenols is 1. The topological polar surface area (TPSA) is 41.8 Å². The van der Waals surface area contributed by atoms with Gasteiger partial charge in [-0.3, -0.25) is 4.99 Å². The number of aliphatic imine (C=N–C) groups is 1. The van der Waals surface area contributed by atoms with Gasteiger partial charge in [0.1, 0.15) is 11.5 Å². The third-order valence-electron chi connectivity index (χ3n) is 6.51. The first-order chi connectivity index (χ1) is 19.7. The number of hydrogen-bond acceptors (Lipinski definition) is 3. The molecule has 3 nitrogen and oxygen atoms in total. The molecule has 0 unspecified atom stereocenters. The molecule has 4 aromatic rings. The zero-order valence-electron chi connectivity index (χ0n) is 22.1. The van der Waals surface area contributed by atoms with E-state index in [-0.39, 0.29) is 17.4 Å². The molecule has 0 amide bonds. The first-order valence-electron chi connectivity index (χ1n) is 12.1. The summed E-state index contributed by atoms with van der Waals surface area (Å²) < 4.78 is 85.2. The van der Waals surface area contributed by atoms with E-state index in [1.807, 2.05) is 67.6 Å². The van der Waals surface area contributed by atoms with Gasteiger partial charge >= 0.3 is 50.2 Å². The molecule has 0 spiro atoms. The fourth-order valence-corrected chi connectivity index (χ4v) is 4.40. The van der Waals surface area contributed by atoms with Gasteiger partial charge < -0.3 is 9.84 Å². The van der Waals surface area contributed by atoms with Gasteiger partial charge in [-0.1, -0.05) is 60.7 Å². The van der Waals surface area contributed by atoms with Gasteiger partial charge in [0.25, 0.3) is 0 Å². The van der Waals surface area contributed by atoms with E-state index in [9.17, 15) is 31.4 Å². The van der Waals surface area contributed by atoms with Crippen molar-refractivity contribution in [1.82, 2.24) is 0 Å². The molecule has 0 bridgehead atoms. The number of ether oxygens (including phenoxy) is 1. The number of rotatable bonds is 6. The molecule has 0 saturated heterocycles. The number of hydrogen-bond donors (Lipinski definition) is 1. The van der Waals surface area contributed by atoms with Crippen LogP contribution >= 0.6 is 17.0 Å². The summed E-state index contributed by atoms with van der Waals surface area (Å²) in [6.07, 6.45) is -9.00. The maximum absolute atomic E-state index is 13.3. The summed E-state index contributed by atoms with van der Waals surface area (Å²) in [4.78, 5) is 3.89. The second-order valence-corrected chi connectivity index (χ2v) is 12.8. The van der Waals surface area contributed by atoms with Crippen molar-refractivity contribution >= 4 is 28.9 Å². The van der Waals surface area contributed by atoms with Gasteiger partial charge in [0.05, 0.1) is 23.9 Å². The molecule has 0 aliphatic carbocycles. The molecule has 4 aromatic carbocycles. The molecule has 0 radical (unpaired) electrons. The quantitative estimate of drug-likeness (QED) is 0.123. The van der Waals surface area contributed by atoms with Crippen LogP contribution in [0, 0.1) is 0 Å². The third kappa shape index (κ3) is 7.97. The fourth-order valence-electron chi connectivity index (χ4n) is 4.40. The van der Waals surface area contributed by atoms with Crippen LogP contribution in [0.5, 0.6) is 11.5 Å². The number of aromatic hydroxyl groups is 1. The van der Waals surface area contributed by atoms with E-state index in [2.05, 4.69) is 4.99 Å². The molecule has 0 aliphatic heterocycles.